The van der Waals surface area contributed by atoms with Crippen molar-refractivity contribution in [1.29, 1.82) is 0 Å². The average Bonchev–Trinajstić information content (AvgIpc) is 3.21. The van der Waals surface area contributed by atoms with E-state index in [1.54, 1.807) is 19.0 Å². The maximum Gasteiger partial charge on any atom is 0.243 e. The Labute approximate surface area is 196 Å². The lowest BCUT2D eigenvalue weighted by molar-refractivity contribution is -0.127. The number of nitrogens with one attached hydrogen (secondary N) is 2. The van der Waals surface area contributed by atoms with E-state index in [9.17, 15) is 4.79 Å². The van der Waals surface area contributed by atoms with Gasteiger partial charge >= 0.3 is 0 Å². The van der Waals surface area contributed by atoms with Gasteiger partial charge in [0.05, 0.1) is 6.04 Å². The molecule has 30 heavy (non-hydrogen) atoms. The number of rotatable bonds is 6. The van der Waals surface area contributed by atoms with Crippen molar-refractivity contribution in [3.05, 3.63) is 66.2 Å². The molecule has 3 rings (SSSR count). The van der Waals surface area contributed by atoms with Crippen LogP contribution in [0.15, 0.2) is 65.7 Å². The highest BCUT2D eigenvalue weighted by Gasteiger charge is 2.24. The second kappa shape index (κ2) is 11.8. The Bertz CT molecular complexity index is 813. The molecule has 0 spiro atoms. The van der Waals surface area contributed by atoms with Crippen LogP contribution in [0.3, 0.4) is 0 Å². The number of hydrogen-bond acceptors (Lipinski definition) is 3. The van der Waals surface area contributed by atoms with Gasteiger partial charge in [-0.3, -0.25) is 4.79 Å². The van der Waals surface area contributed by atoms with E-state index in [0.29, 0.717) is 5.96 Å². The van der Waals surface area contributed by atoms with Crippen LogP contribution in [0.5, 0.6) is 0 Å². The largest absolute Gasteiger partial charge is 0.369 e. The zero-order chi connectivity index (χ0) is 20.6. The Morgan fingerprint density at radius 2 is 1.77 bits per heavy atom. The van der Waals surface area contributed by atoms with Crippen molar-refractivity contribution < 1.29 is 4.79 Å². The molecule has 1 saturated heterocycles. The van der Waals surface area contributed by atoms with Gasteiger partial charge in [-0.25, -0.2) is 4.99 Å². The van der Waals surface area contributed by atoms with Gasteiger partial charge in [-0.15, -0.1) is 24.0 Å². The standard InChI is InChI=1S/C23H31N5O.HI/c1-18(19-10-6-4-7-11-19)25-23(24-16-22(29)27(2)3)26-20-14-15-28(17-20)21-12-8-5-9-13-21;/h4-13,18,20H,14-17H2,1-3H3,(H2,24,25,26);1H. The molecule has 1 aliphatic heterocycles. The summed E-state index contributed by atoms with van der Waals surface area (Å²) in [5.74, 6) is 0.660. The maximum absolute atomic E-state index is 12.0. The van der Waals surface area contributed by atoms with Crippen LogP contribution >= 0.6 is 24.0 Å². The molecular formula is C23H32IN5O. The van der Waals surface area contributed by atoms with Gasteiger partial charge < -0.3 is 20.4 Å². The van der Waals surface area contributed by atoms with Crippen molar-refractivity contribution in [2.24, 2.45) is 4.99 Å². The fourth-order valence-electron chi connectivity index (χ4n) is 3.40. The Morgan fingerprint density at radius 1 is 1.13 bits per heavy atom. The van der Waals surface area contributed by atoms with Crippen molar-refractivity contribution in [2.45, 2.75) is 25.4 Å². The number of benzene rings is 2. The molecule has 2 atom stereocenters. The van der Waals surface area contributed by atoms with Crippen molar-refractivity contribution in [1.82, 2.24) is 15.5 Å². The van der Waals surface area contributed by atoms with Crippen molar-refractivity contribution in [3.8, 4) is 0 Å². The molecule has 0 aliphatic carbocycles. The predicted octanol–water partition coefficient (Wildman–Crippen LogP) is 3.27. The van der Waals surface area contributed by atoms with Gasteiger partial charge in [0, 0.05) is 38.9 Å². The molecule has 0 saturated carbocycles. The molecule has 2 aromatic rings. The third kappa shape index (κ3) is 6.90. The zero-order valence-corrected chi connectivity index (χ0v) is 20.2. The molecule has 6 nitrogen and oxygen atoms in total. The van der Waals surface area contributed by atoms with E-state index in [4.69, 9.17) is 0 Å². The van der Waals surface area contributed by atoms with Crippen molar-refractivity contribution in [2.75, 3.05) is 38.6 Å². The van der Waals surface area contributed by atoms with Gasteiger partial charge in [0.25, 0.3) is 0 Å². The fraction of sp³-hybridized carbons (Fsp3) is 0.391. The van der Waals surface area contributed by atoms with E-state index >= 15 is 0 Å². The third-order valence-electron chi connectivity index (χ3n) is 5.17. The highest BCUT2D eigenvalue weighted by atomic mass is 127. The van der Waals surface area contributed by atoms with E-state index in [-0.39, 0.29) is 48.5 Å². The molecule has 0 radical (unpaired) electrons. The summed E-state index contributed by atoms with van der Waals surface area (Å²) < 4.78 is 0. The minimum atomic E-state index is -0.0178. The average molecular weight is 521 g/mol. The number of nitrogens with zero attached hydrogens (tertiary/aromatic N) is 3. The molecule has 0 aromatic heterocycles. The highest BCUT2D eigenvalue weighted by Crippen LogP contribution is 2.20. The summed E-state index contributed by atoms with van der Waals surface area (Å²) >= 11 is 0. The minimum absolute atomic E-state index is 0. The smallest absolute Gasteiger partial charge is 0.243 e. The lowest BCUT2D eigenvalue weighted by Crippen LogP contribution is -2.46. The molecule has 2 unspecified atom stereocenters. The molecule has 1 aliphatic rings. The van der Waals surface area contributed by atoms with Gasteiger partial charge in [0.1, 0.15) is 6.54 Å². The van der Waals surface area contributed by atoms with E-state index in [1.807, 2.05) is 24.3 Å². The van der Waals surface area contributed by atoms with E-state index in [0.717, 1.165) is 19.5 Å². The van der Waals surface area contributed by atoms with Gasteiger partial charge in [-0.2, -0.15) is 0 Å². The summed E-state index contributed by atoms with van der Waals surface area (Å²) in [4.78, 5) is 20.5. The van der Waals surface area contributed by atoms with Crippen LogP contribution in [0.2, 0.25) is 0 Å². The van der Waals surface area contributed by atoms with Crippen LogP contribution in [0.1, 0.15) is 24.9 Å². The number of carbonyl (C=O) groups is 1. The molecule has 1 amide bonds. The Hall–Kier alpha value is -2.29. The van der Waals surface area contributed by atoms with Gasteiger partial charge in [-0.1, -0.05) is 48.5 Å². The monoisotopic (exact) mass is 521 g/mol. The van der Waals surface area contributed by atoms with E-state index in [1.165, 1.54) is 11.3 Å². The maximum atomic E-state index is 12.0. The lowest BCUT2D eigenvalue weighted by Gasteiger charge is -2.23. The second-order valence-corrected chi connectivity index (χ2v) is 7.64. The first-order valence-corrected chi connectivity index (χ1v) is 10.2. The summed E-state index contributed by atoms with van der Waals surface area (Å²) in [6, 6.07) is 21.1. The van der Waals surface area contributed by atoms with Crippen LogP contribution in [-0.2, 0) is 4.79 Å². The first-order chi connectivity index (χ1) is 14.0. The molecule has 1 fully saturated rings. The number of guanidine groups is 1. The molecule has 0 bridgehead atoms. The molecule has 1 heterocycles. The van der Waals surface area contributed by atoms with E-state index in [2.05, 4.69) is 63.8 Å². The number of anilines is 1. The van der Waals surface area contributed by atoms with Crippen LogP contribution in [0.4, 0.5) is 5.69 Å². The van der Waals surface area contributed by atoms with E-state index < -0.39 is 0 Å². The summed E-state index contributed by atoms with van der Waals surface area (Å²) in [6.45, 7) is 4.13. The number of likely N-dealkylation sites (N-methyl/N-ethyl adjacent to an activating group) is 1. The van der Waals surface area contributed by atoms with Crippen molar-refractivity contribution >= 4 is 41.5 Å². The second-order valence-electron chi connectivity index (χ2n) is 7.64. The fourth-order valence-corrected chi connectivity index (χ4v) is 3.40. The van der Waals surface area contributed by atoms with Crippen LogP contribution in [0, 0.1) is 0 Å². The molecular weight excluding hydrogens is 489 g/mol. The Kier molecular flexibility index (Phi) is 9.42. The molecule has 2 N–H and O–H groups in total. The topological polar surface area (TPSA) is 60.0 Å². The first-order valence-electron chi connectivity index (χ1n) is 10.2. The highest BCUT2D eigenvalue weighted by molar-refractivity contribution is 14.0. The molecule has 7 heteroatoms. The Balaban J connectivity index is 0.00000320. The summed E-state index contributed by atoms with van der Waals surface area (Å²) in [5.41, 5.74) is 2.42. The number of hydrogen-bond donors (Lipinski definition) is 2. The predicted molar refractivity (Wildman–Crippen MR) is 135 cm³/mol. The molecule has 162 valence electrons. The normalized spacial score (nSPS) is 17.1. The van der Waals surface area contributed by atoms with Crippen molar-refractivity contribution in [3.63, 3.8) is 0 Å². The van der Waals surface area contributed by atoms with Crippen LogP contribution in [0.25, 0.3) is 0 Å². The zero-order valence-electron chi connectivity index (χ0n) is 17.9. The quantitative estimate of drug-likeness (QED) is 0.348. The SMILES string of the molecule is CC(NC(=NCC(=O)N(C)C)NC1CCN(c2ccccc2)C1)c1ccccc1.I. The summed E-state index contributed by atoms with van der Waals surface area (Å²) in [6.07, 6.45) is 1.02. The minimum Gasteiger partial charge on any atom is -0.369 e. The number of amides is 1. The Morgan fingerprint density at radius 3 is 2.40 bits per heavy atom. The summed E-state index contributed by atoms with van der Waals surface area (Å²) in [7, 11) is 3.50. The van der Waals surface area contributed by atoms with Crippen LogP contribution < -0.4 is 15.5 Å². The van der Waals surface area contributed by atoms with Gasteiger partial charge in [-0.05, 0) is 31.0 Å². The van der Waals surface area contributed by atoms with Crippen LogP contribution in [-0.4, -0.2) is 56.5 Å². The number of aliphatic imine (C=N–C) groups is 1. The van der Waals surface area contributed by atoms with Gasteiger partial charge in [0.2, 0.25) is 5.91 Å². The third-order valence-corrected chi connectivity index (χ3v) is 5.17. The number of para-hydroxylation sites is 1. The first kappa shape index (κ1) is 24.0. The molecule has 2 aromatic carbocycles. The number of halogens is 1. The van der Waals surface area contributed by atoms with Gasteiger partial charge in [0.15, 0.2) is 5.96 Å². The number of carbonyl (C=O) groups excluding carboxylic acids is 1. The lowest BCUT2D eigenvalue weighted by atomic mass is 10.1. The summed E-state index contributed by atoms with van der Waals surface area (Å²) in [5, 5.41) is 7.00.